The summed E-state index contributed by atoms with van der Waals surface area (Å²) < 4.78 is 2.10. The summed E-state index contributed by atoms with van der Waals surface area (Å²) in [6.45, 7) is 4.64. The quantitative estimate of drug-likeness (QED) is 0.843. The van der Waals surface area contributed by atoms with Crippen molar-refractivity contribution < 1.29 is 9.90 Å². The van der Waals surface area contributed by atoms with E-state index in [1.165, 1.54) is 11.8 Å². The highest BCUT2D eigenvalue weighted by atomic mass is 32.2. The Balaban J connectivity index is 2.42. The van der Waals surface area contributed by atoms with Crippen LogP contribution in [0.15, 0.2) is 29.4 Å². The first-order valence-corrected chi connectivity index (χ1v) is 6.86. The van der Waals surface area contributed by atoms with Gasteiger partial charge in [0.1, 0.15) is 5.25 Å². The summed E-state index contributed by atoms with van der Waals surface area (Å²) in [5.74, 6) is -0.810. The Kier molecular flexibility index (Phi) is 3.91. The fraction of sp³-hybridized carbons (Fsp3) is 0.385. The molecule has 18 heavy (non-hydrogen) atoms. The van der Waals surface area contributed by atoms with E-state index in [9.17, 15) is 4.79 Å². The first kappa shape index (κ1) is 13.0. The van der Waals surface area contributed by atoms with Gasteiger partial charge in [-0.05, 0) is 25.5 Å². The highest BCUT2D eigenvalue weighted by Crippen LogP contribution is 2.27. The van der Waals surface area contributed by atoms with Gasteiger partial charge in [0.05, 0.1) is 11.0 Å². The van der Waals surface area contributed by atoms with Crippen LogP contribution in [-0.4, -0.2) is 25.9 Å². The predicted molar refractivity (Wildman–Crippen MR) is 73.0 cm³/mol. The number of aromatic nitrogens is 2. The number of aryl methyl sites for hydroxylation is 1. The molecule has 4 nitrogen and oxygen atoms in total. The van der Waals surface area contributed by atoms with Crippen molar-refractivity contribution in [3.05, 3.63) is 24.3 Å². The summed E-state index contributed by atoms with van der Waals surface area (Å²) in [5.41, 5.74) is 1.99. The van der Waals surface area contributed by atoms with Gasteiger partial charge < -0.3 is 9.67 Å². The topological polar surface area (TPSA) is 55.1 Å². The van der Waals surface area contributed by atoms with Crippen LogP contribution in [0.5, 0.6) is 0 Å². The molecular formula is C13H16N2O2S. The van der Waals surface area contributed by atoms with Crippen molar-refractivity contribution in [3.8, 4) is 0 Å². The molecule has 0 bridgehead atoms. The molecule has 0 radical (unpaired) electrons. The highest BCUT2D eigenvalue weighted by molar-refractivity contribution is 8.00. The lowest BCUT2D eigenvalue weighted by Gasteiger charge is -2.09. The summed E-state index contributed by atoms with van der Waals surface area (Å²) >= 11 is 1.30. The van der Waals surface area contributed by atoms with Crippen molar-refractivity contribution in [2.24, 2.45) is 0 Å². The van der Waals surface area contributed by atoms with Gasteiger partial charge in [0, 0.05) is 6.54 Å². The number of carboxylic acids is 1. The van der Waals surface area contributed by atoms with Gasteiger partial charge in [-0.2, -0.15) is 0 Å². The number of benzene rings is 1. The molecule has 0 aliphatic rings. The van der Waals surface area contributed by atoms with E-state index in [-0.39, 0.29) is 0 Å². The number of thioether (sulfide) groups is 1. The number of aliphatic carboxylic acids is 1. The zero-order chi connectivity index (χ0) is 13.1. The number of carboxylic acid groups (broad SMARTS) is 1. The smallest absolute Gasteiger partial charge is 0.316 e. The van der Waals surface area contributed by atoms with Crippen LogP contribution >= 0.6 is 11.8 Å². The fourth-order valence-electron chi connectivity index (χ4n) is 1.79. The van der Waals surface area contributed by atoms with Crippen LogP contribution in [0.3, 0.4) is 0 Å². The average molecular weight is 264 g/mol. The van der Waals surface area contributed by atoms with Crippen LogP contribution < -0.4 is 0 Å². The fourth-order valence-corrected chi connectivity index (χ4v) is 2.68. The number of carbonyl (C=O) groups is 1. The van der Waals surface area contributed by atoms with Crippen molar-refractivity contribution in [1.82, 2.24) is 9.55 Å². The Labute approximate surface area is 110 Å². The molecule has 0 spiro atoms. The Hall–Kier alpha value is -1.49. The molecule has 0 amide bonds. The molecule has 1 aromatic heterocycles. The zero-order valence-corrected chi connectivity index (χ0v) is 11.3. The molecule has 0 saturated carbocycles. The zero-order valence-electron chi connectivity index (χ0n) is 10.5. The maximum Gasteiger partial charge on any atom is 0.316 e. The number of hydrogen-bond donors (Lipinski definition) is 1. The second-order valence-electron chi connectivity index (χ2n) is 4.13. The van der Waals surface area contributed by atoms with Crippen molar-refractivity contribution in [1.29, 1.82) is 0 Å². The van der Waals surface area contributed by atoms with E-state index in [1.807, 2.05) is 24.3 Å². The number of rotatable bonds is 5. The molecule has 5 heteroatoms. The molecule has 0 fully saturated rings. The summed E-state index contributed by atoms with van der Waals surface area (Å²) in [7, 11) is 0. The van der Waals surface area contributed by atoms with Crippen molar-refractivity contribution >= 4 is 28.8 Å². The third-order valence-electron chi connectivity index (χ3n) is 2.70. The molecule has 1 heterocycles. The Bertz CT molecular complexity index is 565. The van der Waals surface area contributed by atoms with E-state index in [1.54, 1.807) is 6.92 Å². The number of imidazole rings is 1. The van der Waals surface area contributed by atoms with Crippen LogP contribution in [0, 0.1) is 0 Å². The van der Waals surface area contributed by atoms with Gasteiger partial charge in [0.15, 0.2) is 5.16 Å². The van der Waals surface area contributed by atoms with Gasteiger partial charge in [0.25, 0.3) is 0 Å². The monoisotopic (exact) mass is 264 g/mol. The average Bonchev–Trinajstić information content (AvgIpc) is 2.68. The minimum atomic E-state index is -0.810. The summed E-state index contributed by atoms with van der Waals surface area (Å²) in [5, 5.41) is 9.28. The molecule has 2 aromatic rings. The Morgan fingerprint density at radius 1 is 1.50 bits per heavy atom. The molecule has 0 saturated heterocycles. The highest BCUT2D eigenvalue weighted by Gasteiger charge is 2.18. The molecule has 0 aliphatic heterocycles. The number of para-hydroxylation sites is 2. The summed E-state index contributed by atoms with van der Waals surface area (Å²) in [6.07, 6.45) is 0.995. The van der Waals surface area contributed by atoms with Gasteiger partial charge in [-0.3, -0.25) is 4.79 Å². The lowest BCUT2D eigenvalue weighted by molar-refractivity contribution is -0.136. The lowest BCUT2D eigenvalue weighted by Crippen LogP contribution is -2.12. The predicted octanol–water partition coefficient (Wildman–Crippen LogP) is 3.01. The molecule has 2 rings (SSSR count). The minimum Gasteiger partial charge on any atom is -0.480 e. The molecule has 1 atom stereocenters. The number of fused-ring (bicyclic) bond motifs is 1. The van der Waals surface area contributed by atoms with Crippen LogP contribution in [0.4, 0.5) is 0 Å². The van der Waals surface area contributed by atoms with E-state index in [0.717, 1.165) is 29.2 Å². The third-order valence-corrected chi connectivity index (χ3v) is 3.77. The first-order valence-electron chi connectivity index (χ1n) is 5.98. The van der Waals surface area contributed by atoms with Crippen molar-refractivity contribution in [2.75, 3.05) is 0 Å². The standard InChI is InChI=1S/C13H16N2O2S/c1-3-8-15-11-7-5-4-6-10(11)14-13(15)18-9(2)12(16)17/h4-7,9H,3,8H2,1-2H3,(H,16,17)/t9-/m1/s1. The Morgan fingerprint density at radius 2 is 2.22 bits per heavy atom. The molecule has 96 valence electrons. The van der Waals surface area contributed by atoms with E-state index < -0.39 is 11.2 Å². The van der Waals surface area contributed by atoms with E-state index in [0.29, 0.717) is 0 Å². The Morgan fingerprint density at radius 3 is 2.89 bits per heavy atom. The first-order chi connectivity index (χ1) is 8.63. The van der Waals surface area contributed by atoms with Gasteiger partial charge in [0.2, 0.25) is 0 Å². The molecule has 1 N–H and O–H groups in total. The minimum absolute atomic E-state index is 0.489. The van der Waals surface area contributed by atoms with Gasteiger partial charge in [-0.1, -0.05) is 30.8 Å². The largest absolute Gasteiger partial charge is 0.480 e. The second kappa shape index (κ2) is 5.44. The molecule has 1 aromatic carbocycles. The third kappa shape index (κ3) is 2.51. The summed E-state index contributed by atoms with van der Waals surface area (Å²) in [4.78, 5) is 15.4. The summed E-state index contributed by atoms with van der Waals surface area (Å²) in [6, 6.07) is 7.90. The molecular weight excluding hydrogens is 248 g/mol. The van der Waals surface area contributed by atoms with Crippen molar-refractivity contribution in [2.45, 2.75) is 37.2 Å². The van der Waals surface area contributed by atoms with Crippen molar-refractivity contribution in [3.63, 3.8) is 0 Å². The number of nitrogens with zero attached hydrogens (tertiary/aromatic N) is 2. The normalized spacial score (nSPS) is 12.8. The van der Waals surface area contributed by atoms with Gasteiger partial charge in [-0.15, -0.1) is 0 Å². The SMILES string of the molecule is CCCn1c(S[C@H](C)C(=O)O)nc2ccccc21. The van der Waals surface area contributed by atoms with Crippen LogP contribution in [-0.2, 0) is 11.3 Å². The second-order valence-corrected chi connectivity index (χ2v) is 5.44. The molecule has 0 aliphatic carbocycles. The van der Waals surface area contributed by atoms with Crippen LogP contribution in [0.2, 0.25) is 0 Å². The van der Waals surface area contributed by atoms with E-state index >= 15 is 0 Å². The molecule has 0 unspecified atom stereocenters. The lowest BCUT2D eigenvalue weighted by atomic mass is 10.3. The number of hydrogen-bond acceptors (Lipinski definition) is 3. The van der Waals surface area contributed by atoms with E-state index in [2.05, 4.69) is 16.5 Å². The van der Waals surface area contributed by atoms with E-state index in [4.69, 9.17) is 5.11 Å². The maximum atomic E-state index is 10.9. The van der Waals surface area contributed by atoms with Gasteiger partial charge >= 0.3 is 5.97 Å². The van der Waals surface area contributed by atoms with Crippen LogP contribution in [0.25, 0.3) is 11.0 Å². The van der Waals surface area contributed by atoms with Crippen LogP contribution in [0.1, 0.15) is 20.3 Å². The van der Waals surface area contributed by atoms with Gasteiger partial charge in [-0.25, -0.2) is 4.98 Å². The maximum absolute atomic E-state index is 10.9.